The third-order valence-electron chi connectivity index (χ3n) is 5.51. The van der Waals surface area contributed by atoms with Gasteiger partial charge in [0.1, 0.15) is 0 Å². The molecule has 0 unspecified atom stereocenters. The van der Waals surface area contributed by atoms with Crippen LogP contribution in [0.2, 0.25) is 10.0 Å². The summed E-state index contributed by atoms with van der Waals surface area (Å²) in [6.45, 7) is 0. The molecule has 2 heteroatoms. The van der Waals surface area contributed by atoms with Crippen LogP contribution in [0.25, 0.3) is 11.1 Å². The van der Waals surface area contributed by atoms with Gasteiger partial charge in [-0.1, -0.05) is 96.0 Å². The molecule has 4 aromatic rings. The molecule has 0 saturated heterocycles. The van der Waals surface area contributed by atoms with Crippen LogP contribution in [0.15, 0.2) is 97.1 Å². The predicted octanol–water partition coefficient (Wildman–Crippen LogP) is 7.36. The predicted molar refractivity (Wildman–Crippen MR) is 114 cm³/mol. The van der Waals surface area contributed by atoms with Crippen LogP contribution in [-0.4, -0.2) is 0 Å². The van der Waals surface area contributed by atoms with Gasteiger partial charge in [0.05, 0.1) is 5.41 Å². The Morgan fingerprint density at radius 3 is 1.22 bits per heavy atom. The molecule has 5 rings (SSSR count). The Morgan fingerprint density at radius 2 is 0.815 bits per heavy atom. The molecule has 0 nitrogen and oxygen atoms in total. The number of halogens is 2. The van der Waals surface area contributed by atoms with Crippen LogP contribution < -0.4 is 0 Å². The van der Waals surface area contributed by atoms with Crippen LogP contribution in [0.1, 0.15) is 22.3 Å². The quantitative estimate of drug-likeness (QED) is 0.297. The summed E-state index contributed by atoms with van der Waals surface area (Å²) in [7, 11) is 0. The van der Waals surface area contributed by atoms with E-state index >= 15 is 0 Å². The SMILES string of the molecule is Clc1ccc(C2(c3ccc(Cl)cc3)c3ccccc3-c3ccccc32)cc1. The largest absolute Gasteiger partial charge is 0.0843 e. The van der Waals surface area contributed by atoms with Crippen molar-refractivity contribution in [2.45, 2.75) is 5.41 Å². The molecule has 1 aliphatic carbocycles. The maximum Gasteiger partial charge on any atom is 0.0713 e. The molecule has 1 aliphatic rings. The Hall–Kier alpha value is -2.54. The van der Waals surface area contributed by atoms with E-state index in [0.29, 0.717) is 0 Å². The van der Waals surface area contributed by atoms with Crippen LogP contribution in [0, 0.1) is 0 Å². The molecule has 0 atom stereocenters. The summed E-state index contributed by atoms with van der Waals surface area (Å²) in [5.41, 5.74) is 7.14. The Kier molecular flexibility index (Phi) is 3.86. The molecule has 0 aliphatic heterocycles. The van der Waals surface area contributed by atoms with Crippen LogP contribution >= 0.6 is 23.2 Å². The molecule has 0 fully saturated rings. The average Bonchev–Trinajstić information content (AvgIpc) is 3.01. The van der Waals surface area contributed by atoms with Crippen molar-refractivity contribution < 1.29 is 0 Å². The molecule has 0 amide bonds. The van der Waals surface area contributed by atoms with E-state index in [4.69, 9.17) is 23.2 Å². The standard InChI is InChI=1S/C25H16Cl2/c26-19-13-9-17(10-14-19)25(18-11-15-20(27)16-12-18)23-7-3-1-5-21(23)22-6-2-4-8-24(22)25/h1-16H. The van der Waals surface area contributed by atoms with Crippen molar-refractivity contribution in [1.29, 1.82) is 0 Å². The van der Waals surface area contributed by atoms with E-state index < -0.39 is 0 Å². The van der Waals surface area contributed by atoms with Crippen molar-refractivity contribution in [3.8, 4) is 11.1 Å². The zero-order valence-electron chi connectivity index (χ0n) is 14.5. The van der Waals surface area contributed by atoms with Gasteiger partial charge in [0.25, 0.3) is 0 Å². The highest BCUT2D eigenvalue weighted by Crippen LogP contribution is 2.55. The molecule has 27 heavy (non-hydrogen) atoms. The highest BCUT2D eigenvalue weighted by molar-refractivity contribution is 6.30. The fourth-order valence-electron chi connectivity index (χ4n) is 4.42. The van der Waals surface area contributed by atoms with Gasteiger partial charge in [-0.25, -0.2) is 0 Å². The Balaban J connectivity index is 1.94. The van der Waals surface area contributed by atoms with E-state index in [2.05, 4.69) is 72.8 Å². The second-order valence-corrected chi connectivity index (χ2v) is 7.73. The van der Waals surface area contributed by atoms with E-state index in [1.54, 1.807) is 0 Å². The molecule has 0 saturated carbocycles. The second kappa shape index (κ2) is 6.27. The van der Waals surface area contributed by atoms with Crippen molar-refractivity contribution in [2.24, 2.45) is 0 Å². The molecule has 0 radical (unpaired) electrons. The molecular formula is C25H16Cl2. The van der Waals surface area contributed by atoms with Gasteiger partial charge in [0.2, 0.25) is 0 Å². The summed E-state index contributed by atoms with van der Waals surface area (Å²) in [6, 6.07) is 33.8. The molecule has 0 aromatic heterocycles. The fourth-order valence-corrected chi connectivity index (χ4v) is 4.68. The topological polar surface area (TPSA) is 0 Å². The van der Waals surface area contributed by atoms with Crippen molar-refractivity contribution >= 4 is 23.2 Å². The van der Waals surface area contributed by atoms with Gasteiger partial charge in [-0.3, -0.25) is 0 Å². The van der Waals surface area contributed by atoms with E-state index in [9.17, 15) is 0 Å². The van der Waals surface area contributed by atoms with Gasteiger partial charge in [-0.15, -0.1) is 0 Å². The summed E-state index contributed by atoms with van der Waals surface area (Å²) in [5, 5.41) is 1.48. The van der Waals surface area contributed by atoms with Gasteiger partial charge < -0.3 is 0 Å². The molecular weight excluding hydrogens is 371 g/mol. The lowest BCUT2D eigenvalue weighted by Crippen LogP contribution is -2.28. The van der Waals surface area contributed by atoms with Crippen molar-refractivity contribution in [3.05, 3.63) is 129 Å². The smallest absolute Gasteiger partial charge is 0.0713 e. The number of benzene rings is 4. The maximum atomic E-state index is 6.21. The minimum Gasteiger partial charge on any atom is -0.0843 e. The first kappa shape index (κ1) is 16.6. The Morgan fingerprint density at radius 1 is 0.444 bits per heavy atom. The van der Waals surface area contributed by atoms with Crippen LogP contribution in [0.5, 0.6) is 0 Å². The lowest BCUT2D eigenvalue weighted by molar-refractivity contribution is 0.768. The zero-order chi connectivity index (χ0) is 18.4. The monoisotopic (exact) mass is 386 g/mol. The molecule has 4 aromatic carbocycles. The molecule has 130 valence electrons. The fraction of sp³-hybridized carbons (Fsp3) is 0.0400. The summed E-state index contributed by atoms with van der Waals surface area (Å²) in [6.07, 6.45) is 0. The van der Waals surface area contributed by atoms with Crippen LogP contribution in [-0.2, 0) is 5.41 Å². The minimum atomic E-state index is -0.387. The first-order chi connectivity index (χ1) is 13.2. The molecule has 0 N–H and O–H groups in total. The van der Waals surface area contributed by atoms with Gasteiger partial charge in [0, 0.05) is 10.0 Å². The summed E-state index contributed by atoms with van der Waals surface area (Å²) in [4.78, 5) is 0. The van der Waals surface area contributed by atoms with E-state index in [0.717, 1.165) is 10.0 Å². The number of fused-ring (bicyclic) bond motifs is 3. The Bertz CT molecular complexity index is 1030. The van der Waals surface area contributed by atoms with Crippen molar-refractivity contribution in [1.82, 2.24) is 0 Å². The van der Waals surface area contributed by atoms with E-state index in [1.807, 2.05) is 24.3 Å². The van der Waals surface area contributed by atoms with Gasteiger partial charge in [-0.2, -0.15) is 0 Å². The average molecular weight is 387 g/mol. The summed E-state index contributed by atoms with van der Waals surface area (Å²) < 4.78 is 0. The summed E-state index contributed by atoms with van der Waals surface area (Å²) in [5.74, 6) is 0. The highest BCUT2D eigenvalue weighted by Gasteiger charge is 2.45. The maximum absolute atomic E-state index is 6.21. The number of rotatable bonds is 2. The van der Waals surface area contributed by atoms with Crippen molar-refractivity contribution in [3.63, 3.8) is 0 Å². The first-order valence-electron chi connectivity index (χ1n) is 8.93. The Labute approximate surface area is 169 Å². The lowest BCUT2D eigenvalue weighted by Gasteiger charge is -2.33. The van der Waals surface area contributed by atoms with Gasteiger partial charge in [-0.05, 0) is 57.6 Å². The van der Waals surface area contributed by atoms with Gasteiger partial charge in [0.15, 0.2) is 0 Å². The van der Waals surface area contributed by atoms with E-state index in [1.165, 1.54) is 33.4 Å². The molecule has 0 spiro atoms. The second-order valence-electron chi connectivity index (χ2n) is 6.85. The minimum absolute atomic E-state index is 0.387. The van der Waals surface area contributed by atoms with Gasteiger partial charge >= 0.3 is 0 Å². The van der Waals surface area contributed by atoms with E-state index in [-0.39, 0.29) is 5.41 Å². The third kappa shape index (κ3) is 2.37. The molecule has 0 bridgehead atoms. The lowest BCUT2D eigenvalue weighted by atomic mass is 9.68. The highest BCUT2D eigenvalue weighted by atomic mass is 35.5. The zero-order valence-corrected chi connectivity index (χ0v) is 16.0. The number of hydrogen-bond acceptors (Lipinski definition) is 0. The number of hydrogen-bond donors (Lipinski definition) is 0. The third-order valence-corrected chi connectivity index (χ3v) is 6.01. The normalized spacial score (nSPS) is 13.9. The molecule has 0 heterocycles. The van der Waals surface area contributed by atoms with Crippen LogP contribution in [0.3, 0.4) is 0 Å². The van der Waals surface area contributed by atoms with Crippen molar-refractivity contribution in [2.75, 3.05) is 0 Å². The summed E-state index contributed by atoms with van der Waals surface area (Å²) >= 11 is 12.4. The van der Waals surface area contributed by atoms with Crippen LogP contribution in [0.4, 0.5) is 0 Å². The first-order valence-corrected chi connectivity index (χ1v) is 9.68.